The first kappa shape index (κ1) is 30.1. The first-order chi connectivity index (χ1) is 14.2. The molecule has 0 aliphatic heterocycles. The summed E-state index contributed by atoms with van der Waals surface area (Å²) in [6, 6.07) is 0. The van der Waals surface area contributed by atoms with Crippen LogP contribution in [0.4, 0.5) is 30.7 Å². The molecular formula is C16H21F7NO7S-. The highest BCUT2D eigenvalue weighted by Gasteiger charge is 2.67. The monoisotopic (exact) mass is 504 g/mol. The van der Waals surface area contributed by atoms with E-state index in [1.54, 1.807) is 0 Å². The van der Waals surface area contributed by atoms with E-state index in [0.29, 0.717) is 4.90 Å². The van der Waals surface area contributed by atoms with Crippen LogP contribution in [-0.2, 0) is 29.2 Å². The first-order valence-corrected chi connectivity index (χ1v) is 10.2. The lowest BCUT2D eigenvalue weighted by molar-refractivity contribution is -0.350. The Labute approximate surface area is 179 Å². The predicted octanol–water partition coefficient (Wildman–Crippen LogP) is 2.80. The second-order valence-corrected chi connectivity index (χ2v) is 7.81. The molecule has 0 heterocycles. The van der Waals surface area contributed by atoms with Gasteiger partial charge in [0.25, 0.3) is 0 Å². The summed E-state index contributed by atoms with van der Waals surface area (Å²) in [5.74, 6) is -13.4. The lowest BCUT2D eigenvalue weighted by Gasteiger charge is -2.36. The second-order valence-electron chi connectivity index (χ2n) is 6.39. The molecule has 0 N–H and O–H groups in total. The Morgan fingerprint density at radius 2 is 1.50 bits per heavy atom. The average Bonchev–Trinajstić information content (AvgIpc) is 2.62. The molecule has 0 spiro atoms. The molecule has 32 heavy (non-hydrogen) atoms. The largest absolute Gasteiger partial charge is 0.743 e. The van der Waals surface area contributed by atoms with Crippen molar-refractivity contribution in [1.29, 1.82) is 0 Å². The number of nitrogens with zero attached hydrogens (tertiary/aromatic N) is 1. The standard InChI is InChI=1S/C16H22F7NO7S/c1-5-24(6-2)12(26)14(15(19,20)21,31-11(25)10(3)4)30-9-7-8-13(17,18)16(22,23)32(27,28)29/h3,5-9H2,1-2,4H3,(H,27,28,29)/p-1. The van der Waals surface area contributed by atoms with E-state index in [1.165, 1.54) is 13.8 Å². The molecule has 1 atom stereocenters. The summed E-state index contributed by atoms with van der Waals surface area (Å²) in [6.45, 7) is 4.40. The maximum Gasteiger partial charge on any atom is 0.466 e. The maximum atomic E-state index is 13.8. The Bertz CT molecular complexity index is 810. The van der Waals surface area contributed by atoms with E-state index in [4.69, 9.17) is 0 Å². The summed E-state index contributed by atoms with van der Waals surface area (Å²) in [4.78, 5) is 24.8. The van der Waals surface area contributed by atoms with E-state index < -0.39 is 70.2 Å². The van der Waals surface area contributed by atoms with E-state index in [-0.39, 0.29) is 13.1 Å². The Morgan fingerprint density at radius 1 is 1.03 bits per heavy atom. The van der Waals surface area contributed by atoms with Crippen molar-refractivity contribution in [3.63, 3.8) is 0 Å². The molecule has 1 amide bonds. The van der Waals surface area contributed by atoms with E-state index in [0.717, 1.165) is 6.92 Å². The number of hydrogen-bond acceptors (Lipinski definition) is 7. The quantitative estimate of drug-likeness (QED) is 0.100. The Kier molecular flexibility index (Phi) is 9.71. The van der Waals surface area contributed by atoms with Gasteiger partial charge in [0.1, 0.15) is 0 Å². The van der Waals surface area contributed by atoms with Crippen molar-refractivity contribution in [3.8, 4) is 0 Å². The van der Waals surface area contributed by atoms with Crippen LogP contribution in [0, 0.1) is 0 Å². The Morgan fingerprint density at radius 3 is 1.84 bits per heavy atom. The van der Waals surface area contributed by atoms with Gasteiger partial charge in [0, 0.05) is 25.1 Å². The van der Waals surface area contributed by atoms with E-state index in [2.05, 4.69) is 16.1 Å². The van der Waals surface area contributed by atoms with Gasteiger partial charge in [0.05, 0.1) is 6.61 Å². The number of amides is 1. The molecule has 1 unspecified atom stereocenters. The third-order valence-corrected chi connectivity index (χ3v) is 4.90. The SMILES string of the molecule is C=C(C)C(=O)OC(OCCCC(F)(F)C(F)(F)S(=O)(=O)[O-])(C(=O)N(CC)CC)C(F)(F)F. The molecule has 0 aromatic carbocycles. The number of halogens is 7. The van der Waals surface area contributed by atoms with Crippen molar-refractivity contribution >= 4 is 22.0 Å². The third kappa shape index (κ3) is 6.31. The molecule has 0 saturated carbocycles. The molecule has 0 fully saturated rings. The number of hydrogen-bond donors (Lipinski definition) is 0. The molecule has 0 aromatic rings. The first-order valence-electron chi connectivity index (χ1n) is 8.81. The van der Waals surface area contributed by atoms with Crippen LogP contribution >= 0.6 is 0 Å². The second kappa shape index (κ2) is 10.3. The number of esters is 1. The van der Waals surface area contributed by atoms with E-state index in [9.17, 15) is 53.3 Å². The number of rotatable bonds is 12. The van der Waals surface area contributed by atoms with Gasteiger partial charge in [-0.25, -0.2) is 13.2 Å². The zero-order valence-electron chi connectivity index (χ0n) is 17.1. The van der Waals surface area contributed by atoms with Gasteiger partial charge in [0.2, 0.25) is 0 Å². The van der Waals surface area contributed by atoms with Crippen molar-refractivity contribution in [3.05, 3.63) is 12.2 Å². The summed E-state index contributed by atoms with van der Waals surface area (Å²) >= 11 is 0. The van der Waals surface area contributed by atoms with Gasteiger partial charge in [-0.1, -0.05) is 6.58 Å². The van der Waals surface area contributed by atoms with Gasteiger partial charge in [-0.2, -0.15) is 30.7 Å². The zero-order valence-corrected chi connectivity index (χ0v) is 17.9. The highest BCUT2D eigenvalue weighted by Crippen LogP contribution is 2.42. The molecule has 8 nitrogen and oxygen atoms in total. The summed E-state index contributed by atoms with van der Waals surface area (Å²) in [5, 5.41) is -6.05. The number of alkyl halides is 7. The van der Waals surface area contributed by atoms with E-state index in [1.807, 2.05) is 0 Å². The average molecular weight is 504 g/mol. The van der Waals surface area contributed by atoms with Crippen LogP contribution in [0.5, 0.6) is 0 Å². The van der Waals surface area contributed by atoms with Crippen molar-refractivity contribution in [2.45, 2.75) is 56.8 Å². The predicted molar refractivity (Wildman–Crippen MR) is 92.4 cm³/mol. The molecule has 0 rings (SSSR count). The topological polar surface area (TPSA) is 113 Å². The normalized spacial score (nSPS) is 15.1. The summed E-state index contributed by atoms with van der Waals surface area (Å²) < 4.78 is 134. The third-order valence-electron chi connectivity index (χ3n) is 3.97. The zero-order chi connectivity index (χ0) is 25.8. The van der Waals surface area contributed by atoms with Crippen LogP contribution in [0.15, 0.2) is 12.2 Å². The van der Waals surface area contributed by atoms with Crippen LogP contribution in [0.1, 0.15) is 33.6 Å². The van der Waals surface area contributed by atoms with Crippen molar-refractivity contribution < 1.29 is 62.8 Å². The van der Waals surface area contributed by atoms with Crippen molar-refractivity contribution in [1.82, 2.24) is 4.90 Å². The molecule has 188 valence electrons. The Hall–Kier alpha value is -1.94. The minimum atomic E-state index is -6.80. The lowest BCUT2D eigenvalue weighted by Crippen LogP contribution is -2.62. The van der Waals surface area contributed by atoms with Crippen molar-refractivity contribution in [2.24, 2.45) is 0 Å². The molecule has 0 bridgehead atoms. The molecule has 16 heteroatoms. The van der Waals surface area contributed by atoms with Crippen LogP contribution in [0.2, 0.25) is 0 Å². The van der Waals surface area contributed by atoms with Gasteiger partial charge in [-0.15, -0.1) is 0 Å². The highest BCUT2D eigenvalue weighted by molar-refractivity contribution is 7.86. The van der Waals surface area contributed by atoms with E-state index >= 15 is 0 Å². The molecule has 0 aliphatic rings. The number of likely N-dealkylation sites (N-methyl/N-ethyl adjacent to an activating group) is 1. The number of carbonyl (C=O) groups excluding carboxylic acids is 2. The molecule has 0 saturated heterocycles. The molecule has 0 aliphatic carbocycles. The van der Waals surface area contributed by atoms with Crippen LogP contribution in [0.3, 0.4) is 0 Å². The summed E-state index contributed by atoms with van der Waals surface area (Å²) in [7, 11) is -6.80. The van der Waals surface area contributed by atoms with Crippen LogP contribution < -0.4 is 0 Å². The fraction of sp³-hybridized carbons (Fsp3) is 0.750. The highest BCUT2D eigenvalue weighted by atomic mass is 32.2. The number of carbonyl (C=O) groups is 2. The van der Waals surface area contributed by atoms with Gasteiger partial charge < -0.3 is 18.9 Å². The molecule has 0 aromatic heterocycles. The van der Waals surface area contributed by atoms with Gasteiger partial charge >= 0.3 is 35.0 Å². The van der Waals surface area contributed by atoms with Gasteiger partial charge in [-0.3, -0.25) is 4.79 Å². The Balaban J connectivity index is 5.94. The minimum Gasteiger partial charge on any atom is -0.743 e. The smallest absolute Gasteiger partial charge is 0.466 e. The fourth-order valence-electron chi connectivity index (χ4n) is 2.17. The summed E-state index contributed by atoms with van der Waals surface area (Å²) in [5.41, 5.74) is -0.582. The summed E-state index contributed by atoms with van der Waals surface area (Å²) in [6.07, 6.45) is -9.24. The molecule has 0 radical (unpaired) electrons. The minimum absolute atomic E-state index is 0.313. The van der Waals surface area contributed by atoms with Crippen LogP contribution in [-0.4, -0.2) is 72.6 Å². The number of ether oxygens (including phenoxy) is 2. The lowest BCUT2D eigenvalue weighted by atomic mass is 10.1. The van der Waals surface area contributed by atoms with Gasteiger partial charge in [-0.05, 0) is 27.2 Å². The van der Waals surface area contributed by atoms with Gasteiger partial charge in [0.15, 0.2) is 10.1 Å². The fourth-order valence-corrected chi connectivity index (χ4v) is 2.64. The van der Waals surface area contributed by atoms with Crippen LogP contribution in [0.25, 0.3) is 0 Å². The molecular weight excluding hydrogens is 483 g/mol. The van der Waals surface area contributed by atoms with Crippen molar-refractivity contribution in [2.75, 3.05) is 19.7 Å². The maximum absolute atomic E-state index is 13.8.